The molecule has 6 nitrogen and oxygen atoms in total. The number of nitrogens with zero attached hydrogens (tertiary/aromatic N) is 1. The van der Waals surface area contributed by atoms with Crippen LogP contribution in [0.2, 0.25) is 0 Å². The van der Waals surface area contributed by atoms with Gasteiger partial charge in [-0.05, 0) is 48.9 Å². The topological polar surface area (TPSA) is 77.0 Å². The maximum atomic E-state index is 12.6. The third kappa shape index (κ3) is 3.83. The zero-order valence-corrected chi connectivity index (χ0v) is 17.1. The highest BCUT2D eigenvalue weighted by Gasteiger charge is 2.33. The van der Waals surface area contributed by atoms with Crippen LogP contribution in [-0.4, -0.2) is 26.9 Å². The molecule has 0 spiro atoms. The fourth-order valence-corrected chi connectivity index (χ4v) is 4.01. The molecule has 1 aliphatic heterocycles. The molecular weight excluding hydrogens is 388 g/mol. The summed E-state index contributed by atoms with van der Waals surface area (Å²) in [5, 5.41) is 9.25. The van der Waals surface area contributed by atoms with Crippen molar-refractivity contribution in [2.24, 2.45) is 5.16 Å². The summed E-state index contributed by atoms with van der Waals surface area (Å²) in [6.45, 7) is 4.62. The Kier molecular flexibility index (Phi) is 5.25. The fourth-order valence-electron chi connectivity index (χ4n) is 3.27. The number of nitrogens with one attached hydrogen (secondary N) is 1. The number of oxime groups is 1. The van der Waals surface area contributed by atoms with Crippen molar-refractivity contribution in [2.75, 3.05) is 6.54 Å². The molecule has 1 heterocycles. The standard InChI is InChI=1S/C22H22N2O4S/c1-3-14-23-22-21(24-28-29(25,26)17-11-8-15(2)9-12-17)20-18-7-5-4-6-16(18)10-13-19(20)27-22/h4-13,22-23H,3,14H2,1-2H3/b24-21-. The summed E-state index contributed by atoms with van der Waals surface area (Å²) < 4.78 is 36.3. The Morgan fingerprint density at radius 1 is 1.07 bits per heavy atom. The number of aryl methyl sites for hydroxylation is 1. The van der Waals surface area contributed by atoms with Crippen LogP contribution in [0.3, 0.4) is 0 Å². The van der Waals surface area contributed by atoms with Crippen LogP contribution in [0.4, 0.5) is 0 Å². The van der Waals surface area contributed by atoms with Crippen LogP contribution in [-0.2, 0) is 14.4 Å². The molecule has 0 aromatic heterocycles. The first kappa shape index (κ1) is 19.4. The molecule has 0 amide bonds. The molecule has 1 unspecified atom stereocenters. The quantitative estimate of drug-likeness (QED) is 0.622. The summed E-state index contributed by atoms with van der Waals surface area (Å²) in [6.07, 6.45) is 0.316. The summed E-state index contributed by atoms with van der Waals surface area (Å²) in [4.78, 5) is 0.0579. The molecule has 4 rings (SSSR count). The number of fused-ring (bicyclic) bond motifs is 3. The van der Waals surface area contributed by atoms with Crippen LogP contribution in [0.25, 0.3) is 10.8 Å². The van der Waals surface area contributed by atoms with Gasteiger partial charge in [0.1, 0.15) is 16.4 Å². The highest BCUT2D eigenvalue weighted by molar-refractivity contribution is 7.86. The second-order valence-electron chi connectivity index (χ2n) is 6.93. The SMILES string of the molecule is CCCNC1Oc2ccc3ccccc3c2/C1=N/OS(=O)(=O)c1ccc(C)cc1. The van der Waals surface area contributed by atoms with Crippen LogP contribution in [0.1, 0.15) is 24.5 Å². The fraction of sp³-hybridized carbons (Fsp3) is 0.227. The Hall–Kier alpha value is -2.90. The minimum Gasteiger partial charge on any atom is -0.469 e. The number of benzene rings is 3. The zero-order valence-electron chi connectivity index (χ0n) is 16.3. The van der Waals surface area contributed by atoms with Gasteiger partial charge in [0.2, 0.25) is 0 Å². The number of ether oxygens (including phenoxy) is 1. The van der Waals surface area contributed by atoms with Gasteiger partial charge in [0, 0.05) is 0 Å². The normalized spacial score (nSPS) is 17.3. The first-order valence-electron chi connectivity index (χ1n) is 9.50. The smallest absolute Gasteiger partial charge is 0.358 e. The van der Waals surface area contributed by atoms with E-state index in [1.807, 2.05) is 50.2 Å². The van der Waals surface area contributed by atoms with Crippen molar-refractivity contribution in [2.45, 2.75) is 31.4 Å². The predicted octanol–water partition coefficient (Wildman–Crippen LogP) is 3.98. The lowest BCUT2D eigenvalue weighted by Crippen LogP contribution is -2.38. The van der Waals surface area contributed by atoms with E-state index in [0.717, 1.165) is 28.3 Å². The van der Waals surface area contributed by atoms with E-state index in [-0.39, 0.29) is 4.90 Å². The number of hydrogen-bond donors (Lipinski definition) is 1. The number of hydrogen-bond acceptors (Lipinski definition) is 6. The van der Waals surface area contributed by atoms with Crippen molar-refractivity contribution in [3.8, 4) is 5.75 Å². The monoisotopic (exact) mass is 410 g/mol. The van der Waals surface area contributed by atoms with Gasteiger partial charge in [0.25, 0.3) is 0 Å². The third-order valence-electron chi connectivity index (χ3n) is 4.76. The lowest BCUT2D eigenvalue weighted by Gasteiger charge is -2.12. The molecule has 0 saturated carbocycles. The van der Waals surface area contributed by atoms with Crippen molar-refractivity contribution < 1.29 is 17.4 Å². The Morgan fingerprint density at radius 3 is 2.59 bits per heavy atom. The second kappa shape index (κ2) is 7.85. The van der Waals surface area contributed by atoms with Crippen LogP contribution in [0, 0.1) is 6.92 Å². The summed E-state index contributed by atoms with van der Waals surface area (Å²) in [5.41, 5.74) is 2.13. The largest absolute Gasteiger partial charge is 0.469 e. The molecule has 0 fully saturated rings. The Balaban J connectivity index is 1.75. The van der Waals surface area contributed by atoms with Gasteiger partial charge in [-0.25, -0.2) is 0 Å². The average Bonchev–Trinajstić information content (AvgIpc) is 3.09. The molecule has 150 valence electrons. The van der Waals surface area contributed by atoms with Crippen molar-refractivity contribution in [3.05, 3.63) is 71.8 Å². The molecule has 1 N–H and O–H groups in total. The van der Waals surface area contributed by atoms with E-state index < -0.39 is 16.3 Å². The molecule has 0 radical (unpaired) electrons. The zero-order chi connectivity index (χ0) is 20.4. The molecule has 7 heteroatoms. The van der Waals surface area contributed by atoms with E-state index in [0.29, 0.717) is 18.0 Å². The minimum absolute atomic E-state index is 0.0579. The Labute approximate surface area is 170 Å². The molecular formula is C22H22N2O4S. The van der Waals surface area contributed by atoms with Crippen LogP contribution in [0.15, 0.2) is 70.7 Å². The number of rotatable bonds is 6. The van der Waals surface area contributed by atoms with Gasteiger partial charge in [0.15, 0.2) is 6.23 Å². The molecule has 1 atom stereocenters. The van der Waals surface area contributed by atoms with Crippen molar-refractivity contribution >= 4 is 26.6 Å². The summed E-state index contributed by atoms with van der Waals surface area (Å²) in [6, 6.07) is 18.1. The van der Waals surface area contributed by atoms with E-state index in [1.165, 1.54) is 12.1 Å². The predicted molar refractivity (Wildman–Crippen MR) is 113 cm³/mol. The first-order valence-corrected chi connectivity index (χ1v) is 10.9. The molecule has 3 aromatic carbocycles. The molecule has 29 heavy (non-hydrogen) atoms. The van der Waals surface area contributed by atoms with Gasteiger partial charge >= 0.3 is 10.1 Å². The van der Waals surface area contributed by atoms with Gasteiger partial charge < -0.3 is 4.74 Å². The lowest BCUT2D eigenvalue weighted by atomic mass is 10.0. The summed E-state index contributed by atoms with van der Waals surface area (Å²) in [5.74, 6) is 0.646. The van der Waals surface area contributed by atoms with Gasteiger partial charge in [-0.2, -0.15) is 8.42 Å². The van der Waals surface area contributed by atoms with Crippen molar-refractivity contribution in [1.82, 2.24) is 5.32 Å². The Morgan fingerprint density at radius 2 is 1.83 bits per heavy atom. The second-order valence-corrected chi connectivity index (χ2v) is 8.46. The lowest BCUT2D eigenvalue weighted by molar-refractivity contribution is 0.237. The molecule has 1 aliphatic rings. The average molecular weight is 410 g/mol. The minimum atomic E-state index is -4.04. The highest BCUT2D eigenvalue weighted by atomic mass is 32.2. The van der Waals surface area contributed by atoms with Gasteiger partial charge in [-0.1, -0.05) is 60.1 Å². The maximum absolute atomic E-state index is 12.6. The van der Waals surface area contributed by atoms with Crippen LogP contribution >= 0.6 is 0 Å². The maximum Gasteiger partial charge on any atom is 0.358 e. The van der Waals surface area contributed by atoms with Gasteiger partial charge in [-0.3, -0.25) is 9.60 Å². The van der Waals surface area contributed by atoms with E-state index in [2.05, 4.69) is 10.5 Å². The molecule has 3 aromatic rings. The van der Waals surface area contributed by atoms with Gasteiger partial charge in [-0.15, -0.1) is 0 Å². The van der Waals surface area contributed by atoms with Crippen LogP contribution < -0.4 is 10.1 Å². The van der Waals surface area contributed by atoms with E-state index in [4.69, 9.17) is 9.02 Å². The molecule has 0 aliphatic carbocycles. The highest BCUT2D eigenvalue weighted by Crippen LogP contribution is 2.35. The summed E-state index contributed by atoms with van der Waals surface area (Å²) in [7, 11) is -4.04. The Bertz CT molecular complexity index is 1170. The summed E-state index contributed by atoms with van der Waals surface area (Å²) >= 11 is 0. The molecule has 0 saturated heterocycles. The van der Waals surface area contributed by atoms with Crippen molar-refractivity contribution in [1.29, 1.82) is 0 Å². The van der Waals surface area contributed by atoms with E-state index in [1.54, 1.807) is 12.1 Å². The molecule has 0 bridgehead atoms. The van der Waals surface area contributed by atoms with E-state index >= 15 is 0 Å². The van der Waals surface area contributed by atoms with Gasteiger partial charge in [0.05, 0.1) is 5.56 Å². The first-order chi connectivity index (χ1) is 14.0. The van der Waals surface area contributed by atoms with Crippen molar-refractivity contribution in [3.63, 3.8) is 0 Å². The third-order valence-corrected chi connectivity index (χ3v) is 5.88. The van der Waals surface area contributed by atoms with E-state index in [9.17, 15) is 8.42 Å². The van der Waals surface area contributed by atoms with Crippen LogP contribution in [0.5, 0.6) is 5.75 Å².